The molecule has 0 spiro atoms. The summed E-state index contributed by atoms with van der Waals surface area (Å²) in [7, 11) is 0. The van der Waals surface area contributed by atoms with Crippen LogP contribution in [-0.2, 0) is 18.3 Å². The zero-order valence-corrected chi connectivity index (χ0v) is 23.7. The molecule has 1 saturated carbocycles. The number of carbonyl (C=O) groups is 1. The molecule has 2 heterocycles. The monoisotopic (exact) mass is 564 g/mol. The summed E-state index contributed by atoms with van der Waals surface area (Å²) in [4.78, 5) is 29.8. The molecule has 3 aliphatic rings. The Hall–Kier alpha value is -4.62. The Bertz CT molecular complexity index is 1630. The molecule has 10 nitrogen and oxygen atoms in total. The van der Waals surface area contributed by atoms with E-state index in [0.717, 1.165) is 46.4 Å². The van der Waals surface area contributed by atoms with Crippen molar-refractivity contribution in [1.82, 2.24) is 25.4 Å². The van der Waals surface area contributed by atoms with Crippen LogP contribution in [0.3, 0.4) is 0 Å². The van der Waals surface area contributed by atoms with Crippen molar-refractivity contribution in [1.29, 1.82) is 5.26 Å². The standard InChI is InChI=1S/C32H36N8O2/c1-17(36-16-18(2)40-25(15-33)12-24-13-28(24)40)14-32(30-37-31(42)39-38-30)26-8-6-20(19(3)34)10-21(26)4-5-22-11-23(29(35)41)7-9-27(22)32/h6-11,17,24-25,28,36H,2-5,12-14,16,34H2,1H3,(H2,35,41)(H2,37,38,39,42)/t17-,24+,25?,28-,32?/m0/s1. The molecule has 0 radical (unpaired) electrons. The number of nitrogens with one attached hydrogen (secondary N) is 3. The molecule has 1 aliphatic heterocycles. The third-order valence-electron chi connectivity index (χ3n) is 9.24. The fraction of sp³-hybridized carbons (Fsp3) is 0.375. The van der Waals surface area contributed by atoms with E-state index in [0.29, 0.717) is 54.9 Å². The van der Waals surface area contributed by atoms with E-state index >= 15 is 0 Å². The second-order valence-electron chi connectivity index (χ2n) is 12.0. The van der Waals surface area contributed by atoms with Crippen LogP contribution in [0.25, 0.3) is 5.70 Å². The molecule has 10 heteroatoms. The van der Waals surface area contributed by atoms with Gasteiger partial charge >= 0.3 is 5.69 Å². The maximum Gasteiger partial charge on any atom is 0.340 e. The summed E-state index contributed by atoms with van der Waals surface area (Å²) in [5, 5.41) is 20.4. The number of rotatable bonds is 9. The van der Waals surface area contributed by atoms with Crippen molar-refractivity contribution in [3.63, 3.8) is 0 Å². The number of aromatic nitrogens is 3. The van der Waals surface area contributed by atoms with Gasteiger partial charge in [0.25, 0.3) is 0 Å². The maximum absolute atomic E-state index is 12.5. The number of H-pyrrole nitrogens is 2. The number of hydrogen-bond donors (Lipinski definition) is 5. The summed E-state index contributed by atoms with van der Waals surface area (Å²) in [6.45, 7) is 10.9. The summed E-state index contributed by atoms with van der Waals surface area (Å²) < 4.78 is 0. The molecule has 2 fully saturated rings. The largest absolute Gasteiger partial charge is 0.399 e. The molecular weight excluding hydrogens is 528 g/mol. The van der Waals surface area contributed by atoms with Gasteiger partial charge in [-0.25, -0.2) is 9.89 Å². The van der Waals surface area contributed by atoms with Crippen LogP contribution >= 0.6 is 0 Å². The summed E-state index contributed by atoms with van der Waals surface area (Å²) >= 11 is 0. The van der Waals surface area contributed by atoms with E-state index in [9.17, 15) is 14.9 Å². The molecule has 1 amide bonds. The van der Waals surface area contributed by atoms with Crippen molar-refractivity contribution >= 4 is 11.6 Å². The van der Waals surface area contributed by atoms with E-state index in [1.807, 2.05) is 24.3 Å². The zero-order chi connectivity index (χ0) is 29.8. The van der Waals surface area contributed by atoms with Crippen LogP contribution < -0.4 is 22.5 Å². The highest BCUT2D eigenvalue weighted by atomic mass is 16.1. The molecule has 5 atom stereocenters. The predicted molar refractivity (Wildman–Crippen MR) is 160 cm³/mol. The van der Waals surface area contributed by atoms with Gasteiger partial charge < -0.3 is 21.7 Å². The first-order valence-electron chi connectivity index (χ1n) is 14.4. The third kappa shape index (κ3) is 4.60. The lowest BCUT2D eigenvalue weighted by atomic mass is 9.67. The lowest BCUT2D eigenvalue weighted by Gasteiger charge is -2.37. The predicted octanol–water partition coefficient (Wildman–Crippen LogP) is 2.43. The number of nitrogens with zero attached hydrogens (tertiary/aromatic N) is 3. The molecule has 1 saturated heterocycles. The average molecular weight is 565 g/mol. The van der Waals surface area contributed by atoms with E-state index in [1.165, 1.54) is 0 Å². The fourth-order valence-corrected chi connectivity index (χ4v) is 7.19. The van der Waals surface area contributed by atoms with Gasteiger partial charge in [0.1, 0.15) is 11.9 Å². The number of hydrogen-bond acceptors (Lipinski definition) is 7. The normalized spacial score (nSPS) is 24.5. The highest BCUT2D eigenvalue weighted by Gasteiger charge is 2.52. The van der Waals surface area contributed by atoms with Crippen molar-refractivity contribution in [3.05, 3.63) is 105 Å². The lowest BCUT2D eigenvalue weighted by Crippen LogP contribution is -2.42. The quantitative estimate of drug-likeness (QED) is 0.266. The molecular formula is C32H36N8O2. The maximum atomic E-state index is 12.5. The summed E-state index contributed by atoms with van der Waals surface area (Å²) in [5.74, 6) is 0.590. The van der Waals surface area contributed by atoms with E-state index in [4.69, 9.17) is 11.5 Å². The van der Waals surface area contributed by atoms with Gasteiger partial charge in [0, 0.05) is 35.6 Å². The summed E-state index contributed by atoms with van der Waals surface area (Å²) in [5.41, 5.74) is 17.1. The fourth-order valence-electron chi connectivity index (χ4n) is 7.19. The van der Waals surface area contributed by atoms with Crippen molar-refractivity contribution in [2.75, 3.05) is 6.54 Å². The van der Waals surface area contributed by atoms with Crippen LogP contribution in [0.15, 0.2) is 60.0 Å². The summed E-state index contributed by atoms with van der Waals surface area (Å²) in [6, 6.07) is 14.3. The number of primary amides is 1. The minimum absolute atomic E-state index is 0.0705. The first-order chi connectivity index (χ1) is 20.1. The number of nitrogens with two attached hydrogens (primary N) is 2. The SMILES string of the molecule is C=C(N)c1ccc2c(c1)CCc1cc(C(N)=O)ccc1C2(C[C@H](C)NCC(=C)N1C(C#N)C[C@@H]2C[C@@H]21)c1n[nH]c(=O)[nH]1. The first-order valence-corrected chi connectivity index (χ1v) is 14.4. The van der Waals surface area contributed by atoms with Crippen molar-refractivity contribution in [2.24, 2.45) is 17.4 Å². The van der Waals surface area contributed by atoms with E-state index < -0.39 is 17.0 Å². The number of carbonyl (C=O) groups excluding carboxylic acids is 1. The molecule has 216 valence electrons. The second-order valence-corrected chi connectivity index (χ2v) is 12.0. The van der Waals surface area contributed by atoms with Crippen LogP contribution in [0, 0.1) is 17.2 Å². The number of fused-ring (bicyclic) bond motifs is 3. The highest BCUT2D eigenvalue weighted by Crippen LogP contribution is 2.49. The number of benzene rings is 2. The van der Waals surface area contributed by atoms with E-state index in [-0.39, 0.29) is 12.1 Å². The Labute approximate surface area is 244 Å². The summed E-state index contributed by atoms with van der Waals surface area (Å²) in [6.07, 6.45) is 3.91. The Morgan fingerprint density at radius 2 is 1.83 bits per heavy atom. The van der Waals surface area contributed by atoms with Gasteiger partial charge in [-0.3, -0.25) is 9.78 Å². The first kappa shape index (κ1) is 27.5. The average Bonchev–Trinajstić information content (AvgIpc) is 3.46. The lowest BCUT2D eigenvalue weighted by molar-refractivity contribution is 0.1000. The van der Waals surface area contributed by atoms with Crippen LogP contribution in [-0.4, -0.2) is 50.7 Å². The molecule has 3 aromatic rings. The van der Waals surface area contributed by atoms with E-state index in [2.05, 4.69) is 57.6 Å². The van der Waals surface area contributed by atoms with Gasteiger partial charge in [0.05, 0.1) is 11.5 Å². The molecule has 0 bridgehead atoms. The number of likely N-dealkylation sites (tertiary alicyclic amines) is 1. The van der Waals surface area contributed by atoms with Crippen LogP contribution in [0.1, 0.15) is 70.2 Å². The minimum Gasteiger partial charge on any atom is -0.399 e. The van der Waals surface area contributed by atoms with Gasteiger partial charge in [0.2, 0.25) is 5.91 Å². The smallest absolute Gasteiger partial charge is 0.340 e. The number of piperidine rings is 1. The Kier molecular flexibility index (Phi) is 6.78. The highest BCUT2D eigenvalue weighted by molar-refractivity contribution is 5.93. The van der Waals surface area contributed by atoms with E-state index in [1.54, 1.807) is 6.07 Å². The Morgan fingerprint density at radius 1 is 1.17 bits per heavy atom. The van der Waals surface area contributed by atoms with Crippen molar-refractivity contribution in [2.45, 2.75) is 62.6 Å². The van der Waals surface area contributed by atoms with Gasteiger partial charge in [-0.15, -0.1) is 0 Å². The molecule has 2 unspecified atom stereocenters. The van der Waals surface area contributed by atoms with Gasteiger partial charge in [-0.05, 0) is 91.0 Å². The van der Waals surface area contributed by atoms with Crippen LogP contribution in [0.5, 0.6) is 0 Å². The zero-order valence-electron chi connectivity index (χ0n) is 23.7. The molecule has 6 rings (SSSR count). The van der Waals surface area contributed by atoms with Crippen molar-refractivity contribution in [3.8, 4) is 6.07 Å². The van der Waals surface area contributed by atoms with Crippen molar-refractivity contribution < 1.29 is 4.79 Å². The third-order valence-corrected chi connectivity index (χ3v) is 9.24. The Balaban J connectivity index is 1.43. The molecule has 1 aromatic heterocycles. The van der Waals surface area contributed by atoms with Gasteiger partial charge in [-0.1, -0.05) is 31.4 Å². The van der Waals surface area contributed by atoms with Crippen LogP contribution in [0.4, 0.5) is 0 Å². The Morgan fingerprint density at radius 3 is 2.43 bits per heavy atom. The van der Waals surface area contributed by atoms with Gasteiger partial charge in [-0.2, -0.15) is 10.4 Å². The number of aromatic amines is 2. The molecule has 2 aliphatic carbocycles. The molecule has 7 N–H and O–H groups in total. The molecule has 2 aromatic carbocycles. The number of amides is 1. The number of aryl methyl sites for hydroxylation is 2. The topological polar surface area (TPSA) is 170 Å². The van der Waals surface area contributed by atoms with Crippen LogP contribution in [0.2, 0.25) is 0 Å². The minimum atomic E-state index is -0.872. The second kappa shape index (κ2) is 10.3. The number of nitriles is 1. The van der Waals surface area contributed by atoms with Gasteiger partial charge in [0.15, 0.2) is 0 Å². The molecule has 42 heavy (non-hydrogen) atoms.